The number of ether oxygens (including phenoxy) is 3. The van der Waals surface area contributed by atoms with E-state index in [4.69, 9.17) is 14.2 Å². The summed E-state index contributed by atoms with van der Waals surface area (Å²) in [4.78, 5) is 14.2. The molecule has 2 heterocycles. The van der Waals surface area contributed by atoms with E-state index in [0.717, 1.165) is 43.9 Å². The monoisotopic (exact) mass is 319 g/mol. The molecule has 0 bridgehead atoms. The van der Waals surface area contributed by atoms with Gasteiger partial charge in [-0.15, -0.1) is 0 Å². The van der Waals surface area contributed by atoms with Gasteiger partial charge < -0.3 is 19.1 Å². The predicted octanol–water partition coefficient (Wildman–Crippen LogP) is 2.24. The number of nitrogens with zero attached hydrogens (tertiary/aromatic N) is 1. The van der Waals surface area contributed by atoms with Crippen molar-refractivity contribution in [1.82, 2.24) is 4.90 Å². The number of piperidine rings is 1. The Morgan fingerprint density at radius 2 is 2.04 bits per heavy atom. The fourth-order valence-corrected chi connectivity index (χ4v) is 3.37. The molecule has 2 saturated heterocycles. The van der Waals surface area contributed by atoms with Crippen LogP contribution in [0.1, 0.15) is 24.8 Å². The van der Waals surface area contributed by atoms with E-state index in [0.29, 0.717) is 26.2 Å². The molecule has 2 aliphatic heterocycles. The molecule has 0 saturated carbocycles. The highest BCUT2D eigenvalue weighted by Gasteiger charge is 2.41. The first-order chi connectivity index (χ1) is 11.2. The number of amides is 1. The van der Waals surface area contributed by atoms with Gasteiger partial charge in [-0.2, -0.15) is 0 Å². The molecule has 0 unspecified atom stereocenters. The molecule has 0 aliphatic carbocycles. The number of rotatable bonds is 6. The average molecular weight is 319 g/mol. The lowest BCUT2D eigenvalue weighted by atomic mass is 9.79. The van der Waals surface area contributed by atoms with Crippen molar-refractivity contribution in [3.8, 4) is 5.75 Å². The first-order valence-electron chi connectivity index (χ1n) is 8.27. The highest BCUT2D eigenvalue weighted by atomic mass is 16.5. The minimum absolute atomic E-state index is 0.192. The zero-order valence-electron chi connectivity index (χ0n) is 13.8. The Bertz CT molecular complexity index is 522. The van der Waals surface area contributed by atoms with Crippen molar-refractivity contribution < 1.29 is 19.0 Å². The standard InChI is InChI=1S/C18H25NO4/c1-21-10-11-23-16-4-2-15(3-5-16)12-19-13-18(7-6-17(19)20)8-9-22-14-18/h2-5H,6-14H2,1H3/t18-/m0/s1. The second-order valence-corrected chi connectivity index (χ2v) is 6.54. The van der Waals surface area contributed by atoms with Crippen LogP contribution in [0.5, 0.6) is 5.75 Å². The molecule has 2 aliphatic rings. The summed E-state index contributed by atoms with van der Waals surface area (Å²) in [6.07, 6.45) is 2.68. The van der Waals surface area contributed by atoms with Gasteiger partial charge in [0.15, 0.2) is 0 Å². The number of carbonyl (C=O) groups is 1. The summed E-state index contributed by atoms with van der Waals surface area (Å²) in [6.45, 7) is 4.23. The van der Waals surface area contributed by atoms with Gasteiger partial charge in [-0.05, 0) is 30.5 Å². The Balaban J connectivity index is 1.58. The van der Waals surface area contributed by atoms with Gasteiger partial charge in [0.2, 0.25) is 5.91 Å². The van der Waals surface area contributed by atoms with Crippen LogP contribution in [-0.4, -0.2) is 50.9 Å². The maximum absolute atomic E-state index is 12.2. The number of hydrogen-bond donors (Lipinski definition) is 0. The lowest BCUT2D eigenvalue weighted by molar-refractivity contribution is -0.138. The summed E-state index contributed by atoms with van der Waals surface area (Å²) < 4.78 is 16.1. The molecule has 126 valence electrons. The highest BCUT2D eigenvalue weighted by Crippen LogP contribution is 2.38. The molecule has 1 atom stereocenters. The Kier molecular flexibility index (Phi) is 5.18. The zero-order valence-corrected chi connectivity index (χ0v) is 13.8. The van der Waals surface area contributed by atoms with Crippen molar-refractivity contribution in [2.75, 3.05) is 40.1 Å². The van der Waals surface area contributed by atoms with Crippen LogP contribution in [0, 0.1) is 5.41 Å². The van der Waals surface area contributed by atoms with Gasteiger partial charge in [0.1, 0.15) is 12.4 Å². The third-order valence-corrected chi connectivity index (χ3v) is 4.79. The van der Waals surface area contributed by atoms with E-state index >= 15 is 0 Å². The molecule has 5 heteroatoms. The lowest BCUT2D eigenvalue weighted by Crippen LogP contribution is -2.46. The molecule has 1 amide bonds. The molecule has 0 radical (unpaired) electrons. The summed E-state index contributed by atoms with van der Waals surface area (Å²) in [5.41, 5.74) is 1.32. The smallest absolute Gasteiger partial charge is 0.222 e. The molecular weight excluding hydrogens is 294 g/mol. The van der Waals surface area contributed by atoms with E-state index < -0.39 is 0 Å². The summed E-state index contributed by atoms with van der Waals surface area (Å²) in [7, 11) is 1.66. The molecular formula is C18H25NO4. The SMILES string of the molecule is COCCOc1ccc(CN2C[C@@]3(CCOC3)CCC2=O)cc1. The van der Waals surface area contributed by atoms with E-state index in [1.807, 2.05) is 29.2 Å². The maximum atomic E-state index is 12.2. The van der Waals surface area contributed by atoms with Crippen molar-refractivity contribution in [3.05, 3.63) is 29.8 Å². The molecule has 23 heavy (non-hydrogen) atoms. The van der Waals surface area contributed by atoms with Crippen LogP contribution in [0.2, 0.25) is 0 Å². The van der Waals surface area contributed by atoms with Gasteiger partial charge in [0.25, 0.3) is 0 Å². The third kappa shape index (κ3) is 4.03. The molecule has 1 aromatic rings. The Labute approximate surface area is 137 Å². The Morgan fingerprint density at radius 3 is 2.74 bits per heavy atom. The highest BCUT2D eigenvalue weighted by molar-refractivity contribution is 5.77. The molecule has 0 aromatic heterocycles. The van der Waals surface area contributed by atoms with Crippen LogP contribution >= 0.6 is 0 Å². The van der Waals surface area contributed by atoms with Gasteiger partial charge in [-0.25, -0.2) is 0 Å². The largest absolute Gasteiger partial charge is 0.491 e. The van der Waals surface area contributed by atoms with Crippen LogP contribution in [-0.2, 0) is 20.8 Å². The summed E-state index contributed by atoms with van der Waals surface area (Å²) >= 11 is 0. The molecule has 1 aromatic carbocycles. The summed E-state index contributed by atoms with van der Waals surface area (Å²) in [5.74, 6) is 1.08. The van der Waals surface area contributed by atoms with E-state index in [1.54, 1.807) is 7.11 Å². The van der Waals surface area contributed by atoms with Crippen LogP contribution in [0.25, 0.3) is 0 Å². The van der Waals surface area contributed by atoms with Gasteiger partial charge in [-0.3, -0.25) is 4.79 Å². The normalized spacial score (nSPS) is 24.4. The number of hydrogen-bond acceptors (Lipinski definition) is 4. The van der Waals surface area contributed by atoms with Gasteiger partial charge in [-0.1, -0.05) is 12.1 Å². The first-order valence-corrected chi connectivity index (χ1v) is 8.27. The minimum Gasteiger partial charge on any atom is -0.491 e. The Morgan fingerprint density at radius 1 is 1.22 bits per heavy atom. The number of carbonyl (C=O) groups excluding carboxylic acids is 1. The minimum atomic E-state index is 0.192. The fourth-order valence-electron chi connectivity index (χ4n) is 3.37. The molecule has 3 rings (SSSR count). The van der Waals surface area contributed by atoms with Crippen molar-refractivity contribution in [2.45, 2.75) is 25.8 Å². The molecule has 0 N–H and O–H groups in total. The number of methoxy groups -OCH3 is 1. The first kappa shape index (κ1) is 16.3. The van der Waals surface area contributed by atoms with Gasteiger partial charge in [0.05, 0.1) is 13.2 Å². The maximum Gasteiger partial charge on any atom is 0.222 e. The van der Waals surface area contributed by atoms with E-state index in [1.165, 1.54) is 0 Å². The topological polar surface area (TPSA) is 48.0 Å². The second kappa shape index (κ2) is 7.32. The van der Waals surface area contributed by atoms with Crippen molar-refractivity contribution in [1.29, 1.82) is 0 Å². The van der Waals surface area contributed by atoms with E-state index in [2.05, 4.69) is 0 Å². The quantitative estimate of drug-likeness (QED) is 0.755. The molecule has 2 fully saturated rings. The van der Waals surface area contributed by atoms with E-state index in [-0.39, 0.29) is 11.3 Å². The summed E-state index contributed by atoms with van der Waals surface area (Å²) in [6, 6.07) is 7.96. The number of benzene rings is 1. The fraction of sp³-hybridized carbons (Fsp3) is 0.611. The predicted molar refractivity (Wildman–Crippen MR) is 86.3 cm³/mol. The van der Waals surface area contributed by atoms with Crippen LogP contribution in [0.4, 0.5) is 0 Å². The van der Waals surface area contributed by atoms with E-state index in [9.17, 15) is 4.79 Å². The van der Waals surface area contributed by atoms with Crippen molar-refractivity contribution in [3.63, 3.8) is 0 Å². The van der Waals surface area contributed by atoms with Crippen molar-refractivity contribution in [2.24, 2.45) is 5.41 Å². The average Bonchev–Trinajstić information content (AvgIpc) is 3.01. The number of likely N-dealkylation sites (tertiary alicyclic amines) is 1. The summed E-state index contributed by atoms with van der Waals surface area (Å²) in [5, 5.41) is 0. The molecule has 1 spiro atoms. The van der Waals surface area contributed by atoms with Crippen LogP contribution in [0.3, 0.4) is 0 Å². The third-order valence-electron chi connectivity index (χ3n) is 4.79. The van der Waals surface area contributed by atoms with Crippen molar-refractivity contribution >= 4 is 5.91 Å². The lowest BCUT2D eigenvalue weighted by Gasteiger charge is -2.39. The zero-order chi connectivity index (χ0) is 16.1. The van der Waals surface area contributed by atoms with Gasteiger partial charge in [0, 0.05) is 38.6 Å². The van der Waals surface area contributed by atoms with Crippen LogP contribution in [0.15, 0.2) is 24.3 Å². The van der Waals surface area contributed by atoms with Gasteiger partial charge >= 0.3 is 0 Å². The Hall–Kier alpha value is -1.59. The second-order valence-electron chi connectivity index (χ2n) is 6.54. The van der Waals surface area contributed by atoms with Crippen LogP contribution < -0.4 is 4.74 Å². The molecule has 5 nitrogen and oxygen atoms in total.